The van der Waals surface area contributed by atoms with Crippen LogP contribution in [0.5, 0.6) is 0 Å². The summed E-state index contributed by atoms with van der Waals surface area (Å²) in [6.45, 7) is 3.93. The fourth-order valence-electron chi connectivity index (χ4n) is 1.46. The maximum Gasteiger partial charge on any atom is 0.227 e. The van der Waals surface area contributed by atoms with E-state index in [4.69, 9.17) is 5.73 Å². The smallest absolute Gasteiger partial charge is 0.227 e. The van der Waals surface area contributed by atoms with Crippen LogP contribution in [0.25, 0.3) is 0 Å². The van der Waals surface area contributed by atoms with E-state index < -0.39 is 0 Å². The lowest BCUT2D eigenvalue weighted by Crippen LogP contribution is -1.99. The summed E-state index contributed by atoms with van der Waals surface area (Å²) in [5.74, 6) is 0.605. The van der Waals surface area contributed by atoms with Crippen molar-refractivity contribution in [1.29, 1.82) is 0 Å². The Balaban J connectivity index is 2.27. The van der Waals surface area contributed by atoms with Crippen molar-refractivity contribution < 1.29 is 0 Å². The summed E-state index contributed by atoms with van der Waals surface area (Å²) in [5.41, 5.74) is 9.43. The molecule has 1 heterocycles. The summed E-state index contributed by atoms with van der Waals surface area (Å²) in [5, 5.41) is 3.16. The second-order valence-corrected chi connectivity index (χ2v) is 3.72. The number of nitrogens with one attached hydrogen (secondary N) is 1. The van der Waals surface area contributed by atoms with Crippen molar-refractivity contribution >= 4 is 17.3 Å². The molecule has 16 heavy (non-hydrogen) atoms. The number of nitrogen functional groups attached to an aromatic ring is 1. The maximum absolute atomic E-state index is 5.69. The molecule has 1 aromatic carbocycles. The molecule has 0 saturated heterocycles. The van der Waals surface area contributed by atoms with Gasteiger partial charge in [0.2, 0.25) is 5.95 Å². The standard InChI is InChI=1S/C12H14N4/c1-8-7-10(13)3-4-11(8)16-12-14-6-5-9(2)15-12/h3-7H,13H2,1-2H3,(H,14,15,16). The van der Waals surface area contributed by atoms with Gasteiger partial charge in [0.15, 0.2) is 0 Å². The summed E-state index contributed by atoms with van der Waals surface area (Å²) in [6, 6.07) is 7.56. The van der Waals surface area contributed by atoms with Crippen LogP contribution in [0.3, 0.4) is 0 Å². The third-order valence-corrected chi connectivity index (χ3v) is 2.29. The summed E-state index contributed by atoms with van der Waals surface area (Å²) in [4.78, 5) is 8.42. The van der Waals surface area contributed by atoms with Crippen LogP contribution in [0.15, 0.2) is 30.5 Å². The molecule has 4 heteroatoms. The van der Waals surface area contributed by atoms with Crippen LogP contribution in [0.2, 0.25) is 0 Å². The van der Waals surface area contributed by atoms with Gasteiger partial charge in [-0.15, -0.1) is 0 Å². The first kappa shape index (κ1) is 10.4. The van der Waals surface area contributed by atoms with E-state index >= 15 is 0 Å². The Hall–Kier alpha value is -2.10. The van der Waals surface area contributed by atoms with Gasteiger partial charge in [-0.3, -0.25) is 0 Å². The van der Waals surface area contributed by atoms with Crippen LogP contribution in [0.1, 0.15) is 11.3 Å². The molecule has 0 radical (unpaired) electrons. The molecule has 0 fully saturated rings. The number of anilines is 3. The largest absolute Gasteiger partial charge is 0.399 e. The van der Waals surface area contributed by atoms with Gasteiger partial charge in [0.25, 0.3) is 0 Å². The van der Waals surface area contributed by atoms with Crippen LogP contribution in [0.4, 0.5) is 17.3 Å². The Morgan fingerprint density at radius 1 is 1.19 bits per heavy atom. The molecule has 2 aromatic rings. The first-order valence-electron chi connectivity index (χ1n) is 5.08. The summed E-state index contributed by atoms with van der Waals surface area (Å²) in [6.07, 6.45) is 1.73. The van der Waals surface area contributed by atoms with Crippen LogP contribution >= 0.6 is 0 Å². The number of nitrogens with zero attached hydrogens (tertiary/aromatic N) is 2. The minimum Gasteiger partial charge on any atom is -0.399 e. The summed E-state index contributed by atoms with van der Waals surface area (Å²) in [7, 11) is 0. The highest BCUT2D eigenvalue weighted by molar-refractivity contribution is 5.62. The number of nitrogens with two attached hydrogens (primary N) is 1. The SMILES string of the molecule is Cc1ccnc(Nc2ccc(N)cc2C)n1. The van der Waals surface area contributed by atoms with Gasteiger partial charge in [-0.25, -0.2) is 9.97 Å². The van der Waals surface area contributed by atoms with Crippen molar-refractivity contribution in [1.82, 2.24) is 9.97 Å². The monoisotopic (exact) mass is 214 g/mol. The Kier molecular flexibility index (Phi) is 2.72. The minimum absolute atomic E-state index is 0.605. The highest BCUT2D eigenvalue weighted by Crippen LogP contribution is 2.20. The normalized spacial score (nSPS) is 10.1. The highest BCUT2D eigenvalue weighted by atomic mass is 15.1. The number of aryl methyl sites for hydroxylation is 2. The number of hydrogen-bond acceptors (Lipinski definition) is 4. The second kappa shape index (κ2) is 4.18. The summed E-state index contributed by atoms with van der Waals surface area (Å²) < 4.78 is 0. The average molecular weight is 214 g/mol. The molecule has 0 saturated carbocycles. The lowest BCUT2D eigenvalue weighted by Gasteiger charge is -2.08. The molecule has 0 aliphatic carbocycles. The van der Waals surface area contributed by atoms with Crippen molar-refractivity contribution in [3.63, 3.8) is 0 Å². The predicted molar refractivity (Wildman–Crippen MR) is 65.6 cm³/mol. The Morgan fingerprint density at radius 3 is 2.69 bits per heavy atom. The molecule has 0 atom stereocenters. The van der Waals surface area contributed by atoms with E-state index in [1.165, 1.54) is 0 Å². The van der Waals surface area contributed by atoms with Gasteiger partial charge in [0.05, 0.1) is 0 Å². The first-order valence-corrected chi connectivity index (χ1v) is 5.08. The van der Waals surface area contributed by atoms with Gasteiger partial charge < -0.3 is 11.1 Å². The van der Waals surface area contributed by atoms with Crippen molar-refractivity contribution in [3.05, 3.63) is 41.7 Å². The molecular weight excluding hydrogens is 200 g/mol. The topological polar surface area (TPSA) is 63.8 Å². The van der Waals surface area contributed by atoms with Crippen LogP contribution in [0, 0.1) is 13.8 Å². The van der Waals surface area contributed by atoms with E-state index in [0.717, 1.165) is 22.6 Å². The Morgan fingerprint density at radius 2 is 2.00 bits per heavy atom. The minimum atomic E-state index is 0.605. The van der Waals surface area contributed by atoms with Crippen LogP contribution in [-0.4, -0.2) is 9.97 Å². The van der Waals surface area contributed by atoms with Crippen LogP contribution < -0.4 is 11.1 Å². The molecule has 0 aliphatic rings. The van der Waals surface area contributed by atoms with E-state index in [1.807, 2.05) is 38.1 Å². The molecule has 1 aromatic heterocycles. The third-order valence-electron chi connectivity index (χ3n) is 2.29. The Labute approximate surface area is 94.5 Å². The fourth-order valence-corrected chi connectivity index (χ4v) is 1.46. The number of rotatable bonds is 2. The molecule has 0 bridgehead atoms. The van der Waals surface area contributed by atoms with Gasteiger partial charge in [0.1, 0.15) is 0 Å². The number of benzene rings is 1. The third kappa shape index (κ3) is 2.28. The van der Waals surface area contributed by atoms with Crippen molar-refractivity contribution in [2.45, 2.75) is 13.8 Å². The van der Waals surface area contributed by atoms with Gasteiger partial charge in [-0.05, 0) is 43.7 Å². The lowest BCUT2D eigenvalue weighted by molar-refractivity contribution is 1.10. The first-order chi connectivity index (χ1) is 7.65. The molecule has 82 valence electrons. The van der Waals surface area contributed by atoms with Gasteiger partial charge >= 0.3 is 0 Å². The molecule has 2 rings (SSSR count). The molecule has 3 N–H and O–H groups in total. The molecule has 0 amide bonds. The van der Waals surface area contributed by atoms with E-state index in [0.29, 0.717) is 5.95 Å². The zero-order valence-corrected chi connectivity index (χ0v) is 9.36. The number of aromatic nitrogens is 2. The quantitative estimate of drug-likeness (QED) is 0.753. The van der Waals surface area contributed by atoms with Gasteiger partial charge in [-0.2, -0.15) is 0 Å². The lowest BCUT2D eigenvalue weighted by atomic mass is 10.2. The van der Waals surface area contributed by atoms with E-state index in [1.54, 1.807) is 6.20 Å². The fraction of sp³-hybridized carbons (Fsp3) is 0.167. The maximum atomic E-state index is 5.69. The van der Waals surface area contributed by atoms with Crippen molar-refractivity contribution in [2.75, 3.05) is 11.1 Å². The van der Waals surface area contributed by atoms with Crippen molar-refractivity contribution in [3.8, 4) is 0 Å². The van der Waals surface area contributed by atoms with Gasteiger partial charge in [0, 0.05) is 23.3 Å². The van der Waals surface area contributed by atoms with E-state index in [2.05, 4.69) is 15.3 Å². The highest BCUT2D eigenvalue weighted by Gasteiger charge is 2.01. The molecule has 0 aliphatic heterocycles. The second-order valence-electron chi connectivity index (χ2n) is 3.72. The molecule has 0 spiro atoms. The van der Waals surface area contributed by atoms with E-state index in [9.17, 15) is 0 Å². The van der Waals surface area contributed by atoms with Crippen LogP contribution in [-0.2, 0) is 0 Å². The predicted octanol–water partition coefficient (Wildman–Crippen LogP) is 2.42. The van der Waals surface area contributed by atoms with Crippen molar-refractivity contribution in [2.24, 2.45) is 0 Å². The zero-order chi connectivity index (χ0) is 11.5. The zero-order valence-electron chi connectivity index (χ0n) is 9.36. The number of hydrogen-bond donors (Lipinski definition) is 2. The van der Waals surface area contributed by atoms with E-state index in [-0.39, 0.29) is 0 Å². The van der Waals surface area contributed by atoms with Gasteiger partial charge in [-0.1, -0.05) is 0 Å². The summed E-state index contributed by atoms with van der Waals surface area (Å²) >= 11 is 0. The molecule has 0 unspecified atom stereocenters. The Bertz CT molecular complexity index is 508. The molecular formula is C12H14N4. The molecule has 4 nitrogen and oxygen atoms in total. The average Bonchev–Trinajstić information content (AvgIpc) is 2.22.